The molecular formula is C16H20N2O4S2. The molecule has 24 heavy (non-hydrogen) atoms. The zero-order valence-electron chi connectivity index (χ0n) is 13.4. The van der Waals surface area contributed by atoms with Gasteiger partial charge in [-0.25, -0.2) is 13.1 Å². The van der Waals surface area contributed by atoms with Gasteiger partial charge in [-0.1, -0.05) is 0 Å². The number of hydrogen-bond donors (Lipinski definition) is 1. The van der Waals surface area contributed by atoms with Crippen molar-refractivity contribution in [1.29, 1.82) is 0 Å². The van der Waals surface area contributed by atoms with Crippen LogP contribution in [0.5, 0.6) is 0 Å². The molecule has 0 aliphatic carbocycles. The molecule has 130 valence electrons. The van der Waals surface area contributed by atoms with Gasteiger partial charge in [0.25, 0.3) is 5.91 Å². The summed E-state index contributed by atoms with van der Waals surface area (Å²) in [4.78, 5) is 14.1. The number of rotatable bonds is 6. The van der Waals surface area contributed by atoms with Gasteiger partial charge in [-0.15, -0.1) is 11.3 Å². The molecule has 2 aromatic heterocycles. The maximum atomic E-state index is 12.5. The monoisotopic (exact) mass is 368 g/mol. The van der Waals surface area contributed by atoms with Crippen LogP contribution in [0.1, 0.15) is 35.9 Å². The van der Waals surface area contributed by atoms with Crippen molar-refractivity contribution in [1.82, 2.24) is 9.62 Å². The second-order valence-electron chi connectivity index (χ2n) is 5.96. The molecule has 0 aromatic carbocycles. The summed E-state index contributed by atoms with van der Waals surface area (Å²) in [5.41, 5.74) is 0.445. The number of likely N-dealkylation sites (tertiary alicyclic amines) is 1. The fourth-order valence-corrected chi connectivity index (χ4v) is 5.18. The predicted molar refractivity (Wildman–Crippen MR) is 91.7 cm³/mol. The van der Waals surface area contributed by atoms with Gasteiger partial charge in [0.05, 0.1) is 11.8 Å². The number of hydrogen-bond acceptors (Lipinski definition) is 5. The summed E-state index contributed by atoms with van der Waals surface area (Å²) in [6.45, 7) is 3.27. The highest BCUT2D eigenvalue weighted by Crippen LogP contribution is 2.23. The summed E-state index contributed by atoms with van der Waals surface area (Å²) in [7, 11) is -3.64. The molecule has 0 unspecified atom stereocenters. The normalized spacial score (nSPS) is 16.5. The molecular weight excluding hydrogens is 348 g/mol. The van der Waals surface area contributed by atoms with E-state index in [1.165, 1.54) is 6.07 Å². The minimum atomic E-state index is -3.64. The van der Waals surface area contributed by atoms with E-state index in [4.69, 9.17) is 4.42 Å². The van der Waals surface area contributed by atoms with Crippen molar-refractivity contribution < 1.29 is 17.6 Å². The van der Waals surface area contributed by atoms with Crippen LogP contribution < -0.4 is 4.72 Å². The molecule has 1 aliphatic rings. The van der Waals surface area contributed by atoms with Crippen molar-refractivity contribution in [3.8, 4) is 0 Å². The Labute approximate surface area is 145 Å². The molecule has 0 radical (unpaired) electrons. The van der Waals surface area contributed by atoms with E-state index in [0.717, 1.165) is 43.0 Å². The third-order valence-corrected chi connectivity index (χ3v) is 6.95. The van der Waals surface area contributed by atoms with Gasteiger partial charge in [0.2, 0.25) is 10.0 Å². The van der Waals surface area contributed by atoms with Crippen LogP contribution in [0.15, 0.2) is 38.5 Å². The van der Waals surface area contributed by atoms with E-state index in [2.05, 4.69) is 4.72 Å². The molecule has 1 aliphatic heterocycles. The Bertz CT molecular complexity index is 790. The molecule has 8 heteroatoms. The van der Waals surface area contributed by atoms with Gasteiger partial charge in [-0.2, -0.15) is 0 Å². The lowest BCUT2D eigenvalue weighted by atomic mass is 10.2. The number of furan rings is 1. The van der Waals surface area contributed by atoms with Crippen molar-refractivity contribution in [3.63, 3.8) is 0 Å². The van der Waals surface area contributed by atoms with Crippen molar-refractivity contribution in [2.45, 2.75) is 36.4 Å². The second kappa shape index (κ2) is 7.08. The third kappa shape index (κ3) is 3.88. The van der Waals surface area contributed by atoms with E-state index in [1.54, 1.807) is 29.5 Å². The summed E-state index contributed by atoms with van der Waals surface area (Å²) < 4.78 is 33.0. The number of sulfonamides is 1. The van der Waals surface area contributed by atoms with Gasteiger partial charge in [0, 0.05) is 30.9 Å². The van der Waals surface area contributed by atoms with Crippen LogP contribution in [-0.4, -0.2) is 38.4 Å². The van der Waals surface area contributed by atoms with Gasteiger partial charge in [-0.3, -0.25) is 4.79 Å². The Morgan fingerprint density at radius 1 is 1.42 bits per heavy atom. The lowest BCUT2D eigenvalue weighted by molar-refractivity contribution is 0.0793. The molecule has 2 aromatic rings. The summed E-state index contributed by atoms with van der Waals surface area (Å²) in [5, 5.41) is 1.62. The SMILES string of the molecule is C[C@@H](Cc1ccco1)NS(=O)(=O)c1cc(C(=O)N2CCCC2)cs1. The average molecular weight is 368 g/mol. The van der Waals surface area contributed by atoms with Gasteiger partial charge in [0.1, 0.15) is 9.97 Å². The first-order valence-corrected chi connectivity index (χ1v) is 10.2. The van der Waals surface area contributed by atoms with Crippen LogP contribution in [0, 0.1) is 0 Å². The summed E-state index contributed by atoms with van der Waals surface area (Å²) in [6.07, 6.45) is 4.04. The summed E-state index contributed by atoms with van der Waals surface area (Å²) in [6, 6.07) is 4.74. The van der Waals surface area contributed by atoms with E-state index >= 15 is 0 Å². The Kier molecular flexibility index (Phi) is 5.07. The number of thiophene rings is 1. The minimum Gasteiger partial charge on any atom is -0.469 e. The van der Waals surface area contributed by atoms with Crippen LogP contribution in [0.25, 0.3) is 0 Å². The molecule has 1 N–H and O–H groups in total. The van der Waals surface area contributed by atoms with Crippen molar-refractivity contribution >= 4 is 27.3 Å². The largest absolute Gasteiger partial charge is 0.469 e. The van der Waals surface area contributed by atoms with E-state index in [1.807, 2.05) is 6.07 Å². The molecule has 6 nitrogen and oxygen atoms in total. The first kappa shape index (κ1) is 17.2. The molecule has 1 fully saturated rings. The topological polar surface area (TPSA) is 79.6 Å². The Morgan fingerprint density at radius 2 is 2.17 bits per heavy atom. The highest BCUT2D eigenvalue weighted by Gasteiger charge is 2.25. The lowest BCUT2D eigenvalue weighted by Crippen LogP contribution is -2.33. The molecule has 1 saturated heterocycles. The number of amides is 1. The van der Waals surface area contributed by atoms with E-state index in [0.29, 0.717) is 12.0 Å². The summed E-state index contributed by atoms with van der Waals surface area (Å²) in [5.74, 6) is 0.634. The van der Waals surface area contributed by atoms with E-state index in [9.17, 15) is 13.2 Å². The van der Waals surface area contributed by atoms with Crippen LogP contribution >= 0.6 is 11.3 Å². The number of carbonyl (C=O) groups is 1. The lowest BCUT2D eigenvalue weighted by Gasteiger charge is -2.13. The highest BCUT2D eigenvalue weighted by molar-refractivity contribution is 7.91. The molecule has 1 amide bonds. The maximum absolute atomic E-state index is 12.5. The second-order valence-corrected chi connectivity index (χ2v) is 8.81. The Morgan fingerprint density at radius 3 is 2.83 bits per heavy atom. The maximum Gasteiger partial charge on any atom is 0.254 e. The summed E-state index contributed by atoms with van der Waals surface area (Å²) >= 11 is 1.07. The first-order valence-electron chi connectivity index (χ1n) is 7.88. The zero-order valence-corrected chi connectivity index (χ0v) is 15.0. The fourth-order valence-electron chi connectivity index (χ4n) is 2.77. The van der Waals surface area contributed by atoms with Crippen LogP contribution in [-0.2, 0) is 16.4 Å². The molecule has 0 spiro atoms. The average Bonchev–Trinajstić information content (AvgIpc) is 3.28. The van der Waals surface area contributed by atoms with Crippen LogP contribution in [0.3, 0.4) is 0 Å². The molecule has 1 atom stereocenters. The number of nitrogens with one attached hydrogen (secondary N) is 1. The van der Waals surface area contributed by atoms with Crippen LogP contribution in [0.4, 0.5) is 0 Å². The smallest absolute Gasteiger partial charge is 0.254 e. The van der Waals surface area contributed by atoms with Crippen molar-refractivity contribution in [3.05, 3.63) is 41.2 Å². The van der Waals surface area contributed by atoms with Crippen molar-refractivity contribution in [2.75, 3.05) is 13.1 Å². The van der Waals surface area contributed by atoms with Gasteiger partial charge >= 0.3 is 0 Å². The molecule has 3 rings (SSSR count). The van der Waals surface area contributed by atoms with Crippen LogP contribution in [0.2, 0.25) is 0 Å². The predicted octanol–water partition coefficient (Wildman–Crippen LogP) is 2.49. The Balaban J connectivity index is 1.67. The first-order chi connectivity index (χ1) is 11.5. The highest BCUT2D eigenvalue weighted by atomic mass is 32.2. The number of carbonyl (C=O) groups excluding carboxylic acids is 1. The standard InChI is InChI=1S/C16H20N2O4S2/c1-12(9-14-5-4-8-22-14)17-24(20,21)15-10-13(11-23-15)16(19)18-6-2-3-7-18/h4-5,8,10-12,17H,2-3,6-7,9H2,1H3/t12-/m0/s1. The zero-order chi connectivity index (χ0) is 17.2. The number of nitrogens with zero attached hydrogens (tertiary/aromatic N) is 1. The van der Waals surface area contributed by atoms with Gasteiger partial charge < -0.3 is 9.32 Å². The van der Waals surface area contributed by atoms with Gasteiger partial charge in [0.15, 0.2) is 0 Å². The fraction of sp³-hybridized carbons (Fsp3) is 0.438. The van der Waals surface area contributed by atoms with E-state index in [-0.39, 0.29) is 16.2 Å². The third-order valence-electron chi connectivity index (χ3n) is 3.92. The minimum absolute atomic E-state index is 0.0890. The Hall–Kier alpha value is -1.64. The van der Waals surface area contributed by atoms with Crippen molar-refractivity contribution in [2.24, 2.45) is 0 Å². The quantitative estimate of drug-likeness (QED) is 0.849. The van der Waals surface area contributed by atoms with Gasteiger partial charge in [-0.05, 0) is 38.0 Å². The molecule has 0 saturated carbocycles. The molecule has 0 bridgehead atoms. The van der Waals surface area contributed by atoms with E-state index < -0.39 is 10.0 Å². The molecule has 3 heterocycles.